The number of benzene rings is 1. The molecule has 1 aromatic carbocycles. The second-order valence-electron chi connectivity index (χ2n) is 5.59. The van der Waals surface area contributed by atoms with Crippen molar-refractivity contribution in [3.8, 4) is 0 Å². The van der Waals surface area contributed by atoms with Gasteiger partial charge in [0.2, 0.25) is 0 Å². The minimum Gasteiger partial charge on any atom is -0.314 e. The van der Waals surface area contributed by atoms with Gasteiger partial charge in [-0.2, -0.15) is 0 Å². The summed E-state index contributed by atoms with van der Waals surface area (Å²) in [7, 11) is 0. The van der Waals surface area contributed by atoms with Crippen molar-refractivity contribution in [3.05, 3.63) is 34.9 Å². The first-order chi connectivity index (χ1) is 8.63. The van der Waals surface area contributed by atoms with Crippen molar-refractivity contribution in [2.75, 3.05) is 19.6 Å². The van der Waals surface area contributed by atoms with Crippen molar-refractivity contribution in [3.63, 3.8) is 0 Å². The van der Waals surface area contributed by atoms with Crippen LogP contribution in [0.3, 0.4) is 0 Å². The molecule has 0 amide bonds. The van der Waals surface area contributed by atoms with Gasteiger partial charge in [-0.3, -0.25) is 4.90 Å². The van der Waals surface area contributed by atoms with Crippen molar-refractivity contribution >= 4 is 0 Å². The van der Waals surface area contributed by atoms with E-state index in [9.17, 15) is 0 Å². The Kier molecular flexibility index (Phi) is 4.41. The molecule has 1 N–H and O–H groups in total. The van der Waals surface area contributed by atoms with Crippen LogP contribution in [0, 0.1) is 13.8 Å². The molecule has 1 fully saturated rings. The highest BCUT2D eigenvalue weighted by Gasteiger charge is 2.28. The molecule has 1 heterocycles. The van der Waals surface area contributed by atoms with Gasteiger partial charge in [-0.05, 0) is 44.9 Å². The molecule has 2 heteroatoms. The van der Waals surface area contributed by atoms with Crippen LogP contribution in [0.15, 0.2) is 18.2 Å². The fourth-order valence-electron chi connectivity index (χ4n) is 2.85. The van der Waals surface area contributed by atoms with Crippen molar-refractivity contribution in [1.82, 2.24) is 10.2 Å². The van der Waals surface area contributed by atoms with Crippen molar-refractivity contribution in [1.29, 1.82) is 0 Å². The highest BCUT2D eigenvalue weighted by molar-refractivity contribution is 5.33. The molecule has 1 aromatic rings. The third-order valence-corrected chi connectivity index (χ3v) is 4.09. The summed E-state index contributed by atoms with van der Waals surface area (Å²) in [5, 5.41) is 3.39. The largest absolute Gasteiger partial charge is 0.314 e. The van der Waals surface area contributed by atoms with Gasteiger partial charge >= 0.3 is 0 Å². The van der Waals surface area contributed by atoms with Crippen LogP contribution < -0.4 is 5.32 Å². The van der Waals surface area contributed by atoms with E-state index in [0.717, 1.165) is 19.1 Å². The predicted molar refractivity (Wildman–Crippen MR) is 78.0 cm³/mol. The maximum atomic E-state index is 3.39. The molecule has 0 spiro atoms. The summed E-state index contributed by atoms with van der Waals surface area (Å²) < 4.78 is 0. The lowest BCUT2D eigenvalue weighted by molar-refractivity contribution is 0.102. The molecular formula is C16H26N2. The molecule has 0 bridgehead atoms. The molecule has 0 saturated carbocycles. The lowest BCUT2D eigenvalue weighted by atomic mass is 9.96. The van der Waals surface area contributed by atoms with Crippen LogP contribution in [-0.4, -0.2) is 30.6 Å². The molecule has 1 saturated heterocycles. The van der Waals surface area contributed by atoms with Gasteiger partial charge in [0.1, 0.15) is 0 Å². The Balaban J connectivity index is 2.20. The molecule has 1 unspecified atom stereocenters. The van der Waals surface area contributed by atoms with Crippen LogP contribution in [0.4, 0.5) is 0 Å². The second-order valence-corrected chi connectivity index (χ2v) is 5.59. The van der Waals surface area contributed by atoms with Gasteiger partial charge in [0, 0.05) is 25.2 Å². The standard InChI is InChI=1S/C16H26N2/c1-5-8-18(15-10-17-11-15)14(4)16-9-12(2)6-7-13(16)3/h6-7,9,14-15,17H,5,8,10-11H2,1-4H3. The first-order valence-electron chi connectivity index (χ1n) is 7.17. The third kappa shape index (κ3) is 2.76. The van der Waals surface area contributed by atoms with E-state index < -0.39 is 0 Å². The maximum Gasteiger partial charge on any atom is 0.0351 e. The molecule has 0 aromatic heterocycles. The second kappa shape index (κ2) is 5.85. The fourth-order valence-corrected chi connectivity index (χ4v) is 2.85. The van der Waals surface area contributed by atoms with Crippen LogP contribution in [0.2, 0.25) is 0 Å². The molecule has 18 heavy (non-hydrogen) atoms. The molecule has 2 nitrogen and oxygen atoms in total. The smallest absolute Gasteiger partial charge is 0.0351 e. The van der Waals surface area contributed by atoms with Crippen molar-refractivity contribution in [2.45, 2.75) is 46.2 Å². The lowest BCUT2D eigenvalue weighted by Crippen LogP contribution is -2.57. The molecule has 100 valence electrons. The summed E-state index contributed by atoms with van der Waals surface area (Å²) in [6, 6.07) is 8.07. The zero-order chi connectivity index (χ0) is 13.1. The minimum absolute atomic E-state index is 0.525. The van der Waals surface area contributed by atoms with E-state index in [1.807, 2.05) is 0 Å². The quantitative estimate of drug-likeness (QED) is 0.859. The number of aryl methyl sites for hydroxylation is 2. The molecule has 1 aliphatic rings. The molecule has 1 aliphatic heterocycles. The van der Waals surface area contributed by atoms with Gasteiger partial charge in [-0.25, -0.2) is 0 Å². The summed E-state index contributed by atoms with van der Waals surface area (Å²) in [6.45, 7) is 12.5. The number of hydrogen-bond acceptors (Lipinski definition) is 2. The van der Waals surface area contributed by atoms with Gasteiger partial charge in [-0.15, -0.1) is 0 Å². The van der Waals surface area contributed by atoms with Crippen LogP contribution in [0.5, 0.6) is 0 Å². The molecule has 0 aliphatic carbocycles. The number of hydrogen-bond donors (Lipinski definition) is 1. The fraction of sp³-hybridized carbons (Fsp3) is 0.625. The zero-order valence-electron chi connectivity index (χ0n) is 12.2. The topological polar surface area (TPSA) is 15.3 Å². The van der Waals surface area contributed by atoms with Crippen LogP contribution in [0.1, 0.15) is 43.0 Å². The van der Waals surface area contributed by atoms with Crippen LogP contribution in [-0.2, 0) is 0 Å². The van der Waals surface area contributed by atoms with E-state index in [4.69, 9.17) is 0 Å². The van der Waals surface area contributed by atoms with Crippen LogP contribution >= 0.6 is 0 Å². The molecular weight excluding hydrogens is 220 g/mol. The third-order valence-electron chi connectivity index (χ3n) is 4.09. The number of rotatable bonds is 5. The summed E-state index contributed by atoms with van der Waals surface area (Å²) >= 11 is 0. The Hall–Kier alpha value is -0.860. The van der Waals surface area contributed by atoms with E-state index in [0.29, 0.717) is 6.04 Å². The highest BCUT2D eigenvalue weighted by Crippen LogP contribution is 2.27. The minimum atomic E-state index is 0.525. The summed E-state index contributed by atoms with van der Waals surface area (Å²) in [6.07, 6.45) is 1.23. The van der Waals surface area contributed by atoms with Gasteiger partial charge < -0.3 is 5.32 Å². The van der Waals surface area contributed by atoms with Crippen molar-refractivity contribution in [2.24, 2.45) is 0 Å². The Morgan fingerprint density at radius 2 is 2.06 bits per heavy atom. The Morgan fingerprint density at radius 1 is 1.33 bits per heavy atom. The summed E-state index contributed by atoms with van der Waals surface area (Å²) in [5.41, 5.74) is 4.28. The van der Waals surface area contributed by atoms with E-state index in [1.165, 1.54) is 29.7 Å². The average Bonchev–Trinajstić information content (AvgIpc) is 2.28. The summed E-state index contributed by atoms with van der Waals surface area (Å²) in [5.74, 6) is 0. The van der Waals surface area contributed by atoms with Gasteiger partial charge in [-0.1, -0.05) is 30.7 Å². The van der Waals surface area contributed by atoms with Gasteiger partial charge in [0.25, 0.3) is 0 Å². The SMILES string of the molecule is CCCN(C1CNC1)C(C)c1cc(C)ccc1C. The first kappa shape index (κ1) is 13.6. The van der Waals surface area contributed by atoms with Gasteiger partial charge in [0.15, 0.2) is 0 Å². The van der Waals surface area contributed by atoms with E-state index in [1.54, 1.807) is 0 Å². The lowest BCUT2D eigenvalue weighted by Gasteiger charge is -2.42. The van der Waals surface area contributed by atoms with E-state index in [-0.39, 0.29) is 0 Å². The van der Waals surface area contributed by atoms with Crippen molar-refractivity contribution < 1.29 is 0 Å². The number of nitrogens with one attached hydrogen (secondary N) is 1. The first-order valence-corrected chi connectivity index (χ1v) is 7.17. The Labute approximate surface area is 111 Å². The normalized spacial score (nSPS) is 17.8. The summed E-state index contributed by atoms with van der Waals surface area (Å²) in [4.78, 5) is 2.66. The maximum absolute atomic E-state index is 3.39. The Morgan fingerprint density at radius 3 is 2.61 bits per heavy atom. The highest BCUT2D eigenvalue weighted by atomic mass is 15.2. The predicted octanol–water partition coefficient (Wildman–Crippen LogP) is 3.05. The van der Waals surface area contributed by atoms with Crippen LogP contribution in [0.25, 0.3) is 0 Å². The molecule has 1 atom stereocenters. The average molecular weight is 246 g/mol. The Bertz CT molecular complexity index is 396. The van der Waals surface area contributed by atoms with E-state index >= 15 is 0 Å². The van der Waals surface area contributed by atoms with E-state index in [2.05, 4.69) is 56.1 Å². The van der Waals surface area contributed by atoms with Gasteiger partial charge in [0.05, 0.1) is 0 Å². The zero-order valence-corrected chi connectivity index (χ0v) is 12.2. The molecule has 2 rings (SSSR count). The molecule has 0 radical (unpaired) electrons. The number of nitrogens with zero attached hydrogens (tertiary/aromatic N) is 1. The monoisotopic (exact) mass is 246 g/mol.